The molecular formula is C21H23N3O2S. The first-order valence-corrected chi connectivity index (χ1v) is 9.80. The van der Waals surface area contributed by atoms with E-state index in [-0.39, 0.29) is 17.5 Å². The standard InChI is InChI=1S/C21H23N3O2S/c1-13(2)24-20(26)17-7-5-6-8-18(17)23-21(24)27-15(4)19(25)22-16-11-9-14(3)10-12-16/h5-13,15H,1-4H3,(H,22,25)/t15-/m1/s1. The average Bonchev–Trinajstić information content (AvgIpc) is 2.63. The molecule has 1 atom stereocenters. The summed E-state index contributed by atoms with van der Waals surface area (Å²) < 4.78 is 1.66. The van der Waals surface area contributed by atoms with Crippen LogP contribution in [0, 0.1) is 6.92 Å². The number of aromatic nitrogens is 2. The summed E-state index contributed by atoms with van der Waals surface area (Å²) in [5, 5.41) is 3.66. The lowest BCUT2D eigenvalue weighted by atomic mass is 10.2. The molecule has 0 aliphatic rings. The second-order valence-corrected chi connectivity index (χ2v) is 8.10. The van der Waals surface area contributed by atoms with Crippen LogP contribution in [-0.2, 0) is 4.79 Å². The van der Waals surface area contributed by atoms with E-state index in [1.807, 2.05) is 70.2 Å². The van der Waals surface area contributed by atoms with E-state index in [9.17, 15) is 9.59 Å². The van der Waals surface area contributed by atoms with Crippen LogP contribution >= 0.6 is 11.8 Å². The topological polar surface area (TPSA) is 64.0 Å². The van der Waals surface area contributed by atoms with Crippen molar-refractivity contribution >= 4 is 34.3 Å². The first-order valence-electron chi connectivity index (χ1n) is 8.92. The molecule has 5 nitrogen and oxygen atoms in total. The molecule has 0 saturated heterocycles. The summed E-state index contributed by atoms with van der Waals surface area (Å²) in [6, 6.07) is 14.9. The van der Waals surface area contributed by atoms with Crippen molar-refractivity contribution in [3.8, 4) is 0 Å². The summed E-state index contributed by atoms with van der Waals surface area (Å²) in [6.07, 6.45) is 0. The van der Waals surface area contributed by atoms with E-state index in [4.69, 9.17) is 0 Å². The number of hydrogen-bond donors (Lipinski definition) is 1. The third kappa shape index (κ3) is 4.22. The molecule has 1 heterocycles. The average molecular weight is 382 g/mol. The van der Waals surface area contributed by atoms with Gasteiger partial charge in [-0.25, -0.2) is 4.98 Å². The Morgan fingerprint density at radius 1 is 1.07 bits per heavy atom. The number of nitrogens with zero attached hydrogens (tertiary/aromatic N) is 2. The highest BCUT2D eigenvalue weighted by Crippen LogP contribution is 2.25. The van der Waals surface area contributed by atoms with Crippen molar-refractivity contribution in [3.63, 3.8) is 0 Å². The molecule has 0 aliphatic heterocycles. The third-order valence-electron chi connectivity index (χ3n) is 4.26. The van der Waals surface area contributed by atoms with Crippen LogP contribution in [-0.4, -0.2) is 20.7 Å². The molecule has 3 rings (SSSR count). The molecule has 0 spiro atoms. The lowest BCUT2D eigenvalue weighted by molar-refractivity contribution is -0.115. The van der Waals surface area contributed by atoms with Crippen LogP contribution in [0.3, 0.4) is 0 Å². The van der Waals surface area contributed by atoms with Gasteiger partial charge in [-0.15, -0.1) is 0 Å². The minimum absolute atomic E-state index is 0.0514. The number of carbonyl (C=O) groups is 1. The molecule has 1 aromatic heterocycles. The normalized spacial score (nSPS) is 12.3. The van der Waals surface area contributed by atoms with Crippen molar-refractivity contribution in [2.24, 2.45) is 0 Å². The molecule has 0 bridgehead atoms. The van der Waals surface area contributed by atoms with Gasteiger partial charge in [0.15, 0.2) is 5.16 Å². The number of para-hydroxylation sites is 1. The number of rotatable bonds is 5. The fourth-order valence-corrected chi connectivity index (χ4v) is 3.80. The van der Waals surface area contributed by atoms with Crippen LogP contribution in [0.15, 0.2) is 58.5 Å². The second kappa shape index (κ2) is 7.96. The fraction of sp³-hybridized carbons (Fsp3) is 0.286. The molecule has 0 unspecified atom stereocenters. The number of thioether (sulfide) groups is 1. The zero-order valence-corrected chi connectivity index (χ0v) is 16.7. The van der Waals surface area contributed by atoms with Crippen LogP contribution in [0.25, 0.3) is 10.9 Å². The summed E-state index contributed by atoms with van der Waals surface area (Å²) in [5.74, 6) is -0.124. The summed E-state index contributed by atoms with van der Waals surface area (Å²) in [5.41, 5.74) is 2.46. The molecule has 1 N–H and O–H groups in total. The molecule has 140 valence electrons. The van der Waals surface area contributed by atoms with Gasteiger partial charge in [-0.2, -0.15) is 0 Å². The Bertz CT molecular complexity index is 1030. The molecule has 0 radical (unpaired) electrons. The number of carbonyl (C=O) groups excluding carboxylic acids is 1. The maximum atomic E-state index is 12.9. The molecule has 27 heavy (non-hydrogen) atoms. The van der Waals surface area contributed by atoms with Gasteiger partial charge in [0, 0.05) is 11.7 Å². The van der Waals surface area contributed by atoms with E-state index in [1.54, 1.807) is 10.6 Å². The number of anilines is 1. The number of benzene rings is 2. The number of hydrogen-bond acceptors (Lipinski definition) is 4. The van der Waals surface area contributed by atoms with E-state index in [0.29, 0.717) is 16.1 Å². The molecule has 0 fully saturated rings. The van der Waals surface area contributed by atoms with E-state index >= 15 is 0 Å². The van der Waals surface area contributed by atoms with Gasteiger partial charge in [0.25, 0.3) is 5.56 Å². The molecule has 2 aromatic carbocycles. The molecular weight excluding hydrogens is 358 g/mol. The van der Waals surface area contributed by atoms with E-state index < -0.39 is 5.25 Å². The van der Waals surface area contributed by atoms with Crippen LogP contribution in [0.5, 0.6) is 0 Å². The Balaban J connectivity index is 1.88. The quantitative estimate of drug-likeness (QED) is 0.525. The molecule has 0 aliphatic carbocycles. The molecule has 6 heteroatoms. The van der Waals surface area contributed by atoms with Gasteiger partial charge in [0.1, 0.15) is 0 Å². The Morgan fingerprint density at radius 3 is 2.41 bits per heavy atom. The Morgan fingerprint density at radius 2 is 1.74 bits per heavy atom. The maximum Gasteiger partial charge on any atom is 0.262 e. The van der Waals surface area contributed by atoms with Crippen molar-refractivity contribution < 1.29 is 4.79 Å². The van der Waals surface area contributed by atoms with Crippen molar-refractivity contribution in [3.05, 3.63) is 64.4 Å². The monoisotopic (exact) mass is 381 g/mol. The minimum Gasteiger partial charge on any atom is -0.325 e. The Kier molecular flexibility index (Phi) is 5.65. The largest absolute Gasteiger partial charge is 0.325 e. The first kappa shape index (κ1) is 19.2. The van der Waals surface area contributed by atoms with Gasteiger partial charge in [-0.1, -0.05) is 41.6 Å². The van der Waals surface area contributed by atoms with E-state index in [1.165, 1.54) is 11.8 Å². The summed E-state index contributed by atoms with van der Waals surface area (Å²) >= 11 is 1.30. The van der Waals surface area contributed by atoms with Gasteiger partial charge >= 0.3 is 0 Å². The number of fused-ring (bicyclic) bond motifs is 1. The van der Waals surface area contributed by atoms with Gasteiger partial charge in [-0.05, 0) is 52.0 Å². The highest BCUT2D eigenvalue weighted by atomic mass is 32.2. The van der Waals surface area contributed by atoms with Crippen molar-refractivity contribution in [2.75, 3.05) is 5.32 Å². The zero-order valence-electron chi connectivity index (χ0n) is 15.9. The Hall–Kier alpha value is -2.60. The molecule has 3 aromatic rings. The smallest absolute Gasteiger partial charge is 0.262 e. The minimum atomic E-state index is -0.399. The SMILES string of the molecule is Cc1ccc(NC(=O)[C@@H](C)Sc2nc3ccccc3c(=O)n2C(C)C)cc1. The van der Waals surface area contributed by atoms with Crippen LogP contribution in [0.1, 0.15) is 32.4 Å². The van der Waals surface area contributed by atoms with Crippen LogP contribution < -0.4 is 10.9 Å². The Labute approximate surface area is 162 Å². The van der Waals surface area contributed by atoms with Crippen molar-refractivity contribution in [2.45, 2.75) is 44.1 Å². The van der Waals surface area contributed by atoms with Crippen molar-refractivity contribution in [1.82, 2.24) is 9.55 Å². The lowest BCUT2D eigenvalue weighted by Gasteiger charge is -2.18. The van der Waals surface area contributed by atoms with Gasteiger partial charge in [0.2, 0.25) is 5.91 Å². The highest BCUT2D eigenvalue weighted by Gasteiger charge is 2.20. The summed E-state index contributed by atoms with van der Waals surface area (Å²) in [7, 11) is 0. The van der Waals surface area contributed by atoms with Gasteiger partial charge < -0.3 is 5.32 Å². The van der Waals surface area contributed by atoms with Crippen LogP contribution in [0.4, 0.5) is 5.69 Å². The van der Waals surface area contributed by atoms with Gasteiger partial charge in [0.05, 0.1) is 16.2 Å². The van der Waals surface area contributed by atoms with Crippen LogP contribution in [0.2, 0.25) is 0 Å². The van der Waals surface area contributed by atoms with Crippen molar-refractivity contribution in [1.29, 1.82) is 0 Å². The third-order valence-corrected chi connectivity index (χ3v) is 5.33. The van der Waals surface area contributed by atoms with E-state index in [0.717, 1.165) is 11.3 Å². The van der Waals surface area contributed by atoms with Gasteiger partial charge in [-0.3, -0.25) is 14.2 Å². The zero-order chi connectivity index (χ0) is 19.6. The number of aryl methyl sites for hydroxylation is 1. The summed E-state index contributed by atoms with van der Waals surface area (Å²) in [6.45, 7) is 7.71. The molecule has 0 saturated carbocycles. The summed E-state index contributed by atoms with van der Waals surface area (Å²) in [4.78, 5) is 30.1. The fourth-order valence-electron chi connectivity index (χ4n) is 2.76. The predicted molar refractivity (Wildman–Crippen MR) is 112 cm³/mol. The highest BCUT2D eigenvalue weighted by molar-refractivity contribution is 8.00. The predicted octanol–water partition coefficient (Wildman–Crippen LogP) is 4.41. The first-order chi connectivity index (χ1) is 12.9. The maximum absolute atomic E-state index is 12.9. The number of amides is 1. The molecule has 1 amide bonds. The second-order valence-electron chi connectivity index (χ2n) is 6.80. The lowest BCUT2D eigenvalue weighted by Crippen LogP contribution is -2.28. The van der Waals surface area contributed by atoms with E-state index in [2.05, 4.69) is 10.3 Å². The number of nitrogens with one attached hydrogen (secondary N) is 1.